The Morgan fingerprint density at radius 2 is 2.24 bits per heavy atom. The number of tetrazole rings is 1. The minimum Gasteiger partial charge on any atom is -0.345 e. The number of H-pyrrole nitrogens is 1. The Kier molecular flexibility index (Phi) is 3.45. The molecular weight excluding hydrogens is 266 g/mol. The monoisotopic (exact) mass is 285 g/mol. The molecule has 1 aromatic carbocycles. The van der Waals surface area contributed by atoms with Crippen molar-refractivity contribution in [2.24, 2.45) is 0 Å². The lowest BCUT2D eigenvalue weighted by Crippen LogP contribution is -2.49. The second kappa shape index (κ2) is 5.27. The van der Waals surface area contributed by atoms with Crippen LogP contribution in [0.5, 0.6) is 0 Å². The molecule has 21 heavy (non-hydrogen) atoms. The van der Waals surface area contributed by atoms with Crippen LogP contribution in [-0.4, -0.2) is 26.5 Å². The summed E-state index contributed by atoms with van der Waals surface area (Å²) in [5.74, 6) is 0.554. The van der Waals surface area contributed by atoms with E-state index in [-0.39, 0.29) is 11.9 Å². The zero-order valence-corrected chi connectivity index (χ0v) is 12.3. The number of hydrogen-bond acceptors (Lipinski definition) is 4. The molecule has 0 bridgehead atoms. The van der Waals surface area contributed by atoms with Gasteiger partial charge in [-0.1, -0.05) is 41.5 Å². The number of aromatic nitrogens is 4. The standard InChI is InChI=1S/C15H19N5O/c1-10-5-3-6-12(9-10)15(7-4-8-15)14(21)16-11(2)13-17-19-20-18-13/h3,5-6,9,11H,4,7-8H2,1-2H3,(H,16,21)(H,17,18,19,20). The second-order valence-electron chi connectivity index (χ2n) is 5.77. The first-order valence-corrected chi connectivity index (χ1v) is 7.23. The molecule has 0 aliphatic heterocycles. The average molecular weight is 285 g/mol. The Labute approximate surface area is 123 Å². The Hall–Kier alpha value is -2.24. The number of aryl methyl sites for hydroxylation is 1. The fourth-order valence-corrected chi connectivity index (χ4v) is 2.87. The Bertz CT molecular complexity index is 633. The molecular formula is C15H19N5O. The number of nitrogens with zero attached hydrogens (tertiary/aromatic N) is 3. The molecule has 1 atom stereocenters. The van der Waals surface area contributed by atoms with Crippen LogP contribution >= 0.6 is 0 Å². The van der Waals surface area contributed by atoms with Gasteiger partial charge in [0.2, 0.25) is 5.91 Å². The highest BCUT2D eigenvalue weighted by atomic mass is 16.2. The van der Waals surface area contributed by atoms with Crippen LogP contribution in [-0.2, 0) is 10.2 Å². The summed E-state index contributed by atoms with van der Waals surface area (Å²) in [4.78, 5) is 12.8. The molecule has 1 aliphatic rings. The molecule has 6 heteroatoms. The largest absolute Gasteiger partial charge is 0.345 e. The number of carbonyl (C=O) groups is 1. The summed E-state index contributed by atoms with van der Waals surface area (Å²) in [7, 11) is 0. The van der Waals surface area contributed by atoms with E-state index in [9.17, 15) is 4.79 Å². The number of benzene rings is 1. The van der Waals surface area contributed by atoms with E-state index in [4.69, 9.17) is 0 Å². The van der Waals surface area contributed by atoms with Crippen molar-refractivity contribution in [1.82, 2.24) is 25.9 Å². The molecule has 1 aliphatic carbocycles. The van der Waals surface area contributed by atoms with Crippen molar-refractivity contribution in [2.45, 2.75) is 44.6 Å². The highest BCUT2D eigenvalue weighted by molar-refractivity contribution is 5.89. The zero-order chi connectivity index (χ0) is 14.9. The molecule has 3 rings (SSSR count). The highest BCUT2D eigenvalue weighted by Gasteiger charge is 2.46. The fraction of sp³-hybridized carbons (Fsp3) is 0.467. The van der Waals surface area contributed by atoms with E-state index in [1.165, 1.54) is 5.56 Å². The van der Waals surface area contributed by atoms with Gasteiger partial charge in [0.25, 0.3) is 0 Å². The highest BCUT2D eigenvalue weighted by Crippen LogP contribution is 2.44. The summed E-state index contributed by atoms with van der Waals surface area (Å²) < 4.78 is 0. The van der Waals surface area contributed by atoms with Gasteiger partial charge in [0.05, 0.1) is 11.5 Å². The SMILES string of the molecule is Cc1cccc(C2(C(=O)NC(C)c3nn[nH]n3)CCC2)c1. The summed E-state index contributed by atoms with van der Waals surface area (Å²) in [5, 5.41) is 16.8. The van der Waals surface area contributed by atoms with Crippen molar-refractivity contribution in [3.8, 4) is 0 Å². The van der Waals surface area contributed by atoms with Gasteiger partial charge in [-0.15, -0.1) is 10.2 Å². The topological polar surface area (TPSA) is 83.6 Å². The third-order valence-electron chi connectivity index (χ3n) is 4.31. The molecule has 1 amide bonds. The Balaban J connectivity index is 1.81. The molecule has 1 heterocycles. The van der Waals surface area contributed by atoms with Crippen molar-refractivity contribution in [3.05, 3.63) is 41.2 Å². The molecule has 0 radical (unpaired) electrons. The van der Waals surface area contributed by atoms with E-state index in [0.29, 0.717) is 5.82 Å². The van der Waals surface area contributed by atoms with Gasteiger partial charge in [-0.25, -0.2) is 0 Å². The van der Waals surface area contributed by atoms with Crippen LogP contribution in [0.4, 0.5) is 0 Å². The van der Waals surface area contributed by atoms with Crippen LogP contribution in [0.1, 0.15) is 49.2 Å². The summed E-state index contributed by atoms with van der Waals surface area (Å²) >= 11 is 0. The minimum atomic E-state index is -0.399. The number of nitrogens with one attached hydrogen (secondary N) is 2. The molecule has 6 nitrogen and oxygen atoms in total. The third kappa shape index (κ3) is 2.41. The quantitative estimate of drug-likeness (QED) is 0.897. The van der Waals surface area contributed by atoms with Gasteiger partial charge >= 0.3 is 0 Å². The number of carbonyl (C=O) groups excluding carboxylic acids is 1. The van der Waals surface area contributed by atoms with Crippen molar-refractivity contribution in [1.29, 1.82) is 0 Å². The van der Waals surface area contributed by atoms with Crippen molar-refractivity contribution in [2.75, 3.05) is 0 Å². The minimum absolute atomic E-state index is 0.0525. The van der Waals surface area contributed by atoms with E-state index in [0.717, 1.165) is 24.8 Å². The maximum Gasteiger partial charge on any atom is 0.231 e. The third-order valence-corrected chi connectivity index (χ3v) is 4.31. The normalized spacial score (nSPS) is 17.8. The molecule has 1 unspecified atom stereocenters. The molecule has 1 aromatic heterocycles. The van der Waals surface area contributed by atoms with Gasteiger partial charge in [0.15, 0.2) is 5.82 Å². The lowest BCUT2D eigenvalue weighted by molar-refractivity contribution is -0.130. The summed E-state index contributed by atoms with van der Waals surface area (Å²) in [6, 6.07) is 7.97. The molecule has 110 valence electrons. The van der Waals surface area contributed by atoms with Crippen LogP contribution in [0.15, 0.2) is 24.3 Å². The van der Waals surface area contributed by atoms with Gasteiger partial charge in [0, 0.05) is 0 Å². The first-order valence-electron chi connectivity index (χ1n) is 7.23. The van der Waals surface area contributed by atoms with Gasteiger partial charge in [-0.3, -0.25) is 4.79 Å². The van der Waals surface area contributed by atoms with E-state index in [2.05, 4.69) is 45.0 Å². The fourth-order valence-electron chi connectivity index (χ4n) is 2.87. The Morgan fingerprint density at radius 1 is 1.43 bits per heavy atom. The van der Waals surface area contributed by atoms with Crippen LogP contribution in [0.25, 0.3) is 0 Å². The average Bonchev–Trinajstić information content (AvgIpc) is 2.91. The van der Waals surface area contributed by atoms with Gasteiger partial charge < -0.3 is 5.32 Å². The lowest BCUT2D eigenvalue weighted by Gasteiger charge is -2.41. The van der Waals surface area contributed by atoms with Crippen LogP contribution < -0.4 is 5.32 Å². The van der Waals surface area contributed by atoms with Crippen molar-refractivity contribution >= 4 is 5.91 Å². The van der Waals surface area contributed by atoms with Crippen molar-refractivity contribution in [3.63, 3.8) is 0 Å². The van der Waals surface area contributed by atoms with Crippen LogP contribution in [0.3, 0.4) is 0 Å². The number of hydrogen-bond donors (Lipinski definition) is 2. The van der Waals surface area contributed by atoms with E-state index in [1.807, 2.05) is 19.1 Å². The lowest BCUT2D eigenvalue weighted by atomic mass is 9.63. The number of aromatic amines is 1. The Morgan fingerprint density at radius 3 is 2.81 bits per heavy atom. The molecule has 0 saturated heterocycles. The summed E-state index contributed by atoms with van der Waals surface area (Å²) in [6.45, 7) is 3.92. The first-order chi connectivity index (χ1) is 10.1. The van der Waals surface area contributed by atoms with Gasteiger partial charge in [0.1, 0.15) is 0 Å². The molecule has 2 N–H and O–H groups in total. The number of rotatable bonds is 4. The molecule has 1 saturated carbocycles. The maximum absolute atomic E-state index is 12.8. The molecule has 0 spiro atoms. The predicted molar refractivity (Wildman–Crippen MR) is 77.4 cm³/mol. The van der Waals surface area contributed by atoms with Crippen molar-refractivity contribution < 1.29 is 4.79 Å². The van der Waals surface area contributed by atoms with Gasteiger partial charge in [-0.05, 0) is 32.3 Å². The predicted octanol–water partition coefficient (Wildman–Crippen LogP) is 1.81. The van der Waals surface area contributed by atoms with E-state index >= 15 is 0 Å². The second-order valence-corrected chi connectivity index (χ2v) is 5.77. The maximum atomic E-state index is 12.8. The summed E-state index contributed by atoms with van der Waals surface area (Å²) in [6.07, 6.45) is 2.86. The van der Waals surface area contributed by atoms with Crippen LogP contribution in [0.2, 0.25) is 0 Å². The summed E-state index contributed by atoms with van der Waals surface area (Å²) in [5.41, 5.74) is 1.88. The first kappa shape index (κ1) is 13.7. The number of amides is 1. The molecule has 2 aromatic rings. The van der Waals surface area contributed by atoms with Gasteiger partial charge in [-0.2, -0.15) is 5.21 Å². The van der Waals surface area contributed by atoms with E-state index in [1.54, 1.807) is 0 Å². The smallest absolute Gasteiger partial charge is 0.231 e. The van der Waals surface area contributed by atoms with E-state index < -0.39 is 5.41 Å². The zero-order valence-electron chi connectivity index (χ0n) is 12.3. The van der Waals surface area contributed by atoms with Crippen LogP contribution in [0, 0.1) is 6.92 Å². The molecule has 1 fully saturated rings.